The number of hydrogen-bond acceptors (Lipinski definition) is 5. The topological polar surface area (TPSA) is 62.7 Å². The lowest BCUT2D eigenvalue weighted by molar-refractivity contribution is 0.0988. The summed E-state index contributed by atoms with van der Waals surface area (Å²) in [6, 6.07) is 9.99. The molecule has 0 radical (unpaired) electrons. The second-order valence-corrected chi connectivity index (χ2v) is 9.81. The lowest BCUT2D eigenvalue weighted by atomic mass is 10.0. The van der Waals surface area contributed by atoms with Crippen LogP contribution in [0.3, 0.4) is 0 Å². The van der Waals surface area contributed by atoms with Crippen LogP contribution in [0.25, 0.3) is 0 Å². The Balaban J connectivity index is 1.48. The summed E-state index contributed by atoms with van der Waals surface area (Å²) in [5.74, 6) is 0. The van der Waals surface area contributed by atoms with Crippen LogP contribution in [0.5, 0.6) is 0 Å². The van der Waals surface area contributed by atoms with E-state index in [-0.39, 0.29) is 16.1 Å². The molecule has 0 N–H and O–H groups in total. The molecule has 1 saturated heterocycles. The fourth-order valence-corrected chi connectivity index (χ4v) is 5.67. The van der Waals surface area contributed by atoms with Gasteiger partial charge in [-0.25, -0.2) is 13.4 Å². The second kappa shape index (κ2) is 7.67. The Morgan fingerprint density at radius 2 is 1.96 bits per heavy atom. The number of para-hydroxylation sites is 1. The van der Waals surface area contributed by atoms with Crippen LogP contribution in [0, 0.1) is 0 Å². The Labute approximate surface area is 172 Å². The first-order valence-corrected chi connectivity index (χ1v) is 11.3. The van der Waals surface area contributed by atoms with Crippen LogP contribution < -0.4 is 4.90 Å². The molecule has 144 valence electrons. The summed E-state index contributed by atoms with van der Waals surface area (Å²) < 4.78 is 33.5. The summed E-state index contributed by atoms with van der Waals surface area (Å²) in [7, 11) is -3.58. The van der Waals surface area contributed by atoms with Gasteiger partial charge < -0.3 is 9.64 Å². The number of pyridine rings is 1. The third kappa shape index (κ3) is 3.73. The number of anilines is 1. The van der Waals surface area contributed by atoms with Crippen LogP contribution in [0.4, 0.5) is 5.69 Å². The molecule has 2 aliphatic rings. The molecule has 0 unspecified atom stereocenters. The SMILES string of the molecule is O=S(=O)(c1cnc(Cl)c(Br)c1)N1CCC(N2COCc3ccccc32)CC1. The maximum atomic E-state index is 12.9. The van der Waals surface area contributed by atoms with Crippen molar-refractivity contribution in [2.75, 3.05) is 24.7 Å². The summed E-state index contributed by atoms with van der Waals surface area (Å²) in [6.45, 7) is 2.10. The van der Waals surface area contributed by atoms with Crippen LogP contribution in [0.1, 0.15) is 18.4 Å². The second-order valence-electron chi connectivity index (χ2n) is 6.65. The molecule has 1 fully saturated rings. The molecule has 3 heterocycles. The molecular formula is C18H19BrClN3O3S. The third-order valence-corrected chi connectivity index (χ3v) is 8.06. The number of ether oxygens (including phenoxy) is 1. The van der Waals surface area contributed by atoms with Gasteiger partial charge in [0, 0.05) is 36.6 Å². The van der Waals surface area contributed by atoms with Gasteiger partial charge in [0.25, 0.3) is 0 Å². The molecule has 0 bridgehead atoms. The third-order valence-electron chi connectivity index (χ3n) is 5.06. The van der Waals surface area contributed by atoms with E-state index >= 15 is 0 Å². The first-order chi connectivity index (χ1) is 13.0. The van der Waals surface area contributed by atoms with Crippen molar-refractivity contribution in [2.24, 2.45) is 0 Å². The minimum Gasteiger partial charge on any atom is -0.356 e. The number of rotatable bonds is 3. The van der Waals surface area contributed by atoms with E-state index in [0.717, 1.165) is 12.8 Å². The Bertz CT molecular complexity index is 949. The highest BCUT2D eigenvalue weighted by Crippen LogP contribution is 2.32. The minimum absolute atomic E-state index is 0.156. The number of aromatic nitrogens is 1. The number of nitrogens with zero attached hydrogens (tertiary/aromatic N) is 3. The van der Waals surface area contributed by atoms with Crippen molar-refractivity contribution in [1.29, 1.82) is 0 Å². The van der Waals surface area contributed by atoms with Crippen molar-refractivity contribution in [1.82, 2.24) is 9.29 Å². The van der Waals surface area contributed by atoms with Gasteiger partial charge in [0.2, 0.25) is 10.0 Å². The molecule has 2 aliphatic heterocycles. The normalized spacial score (nSPS) is 19.1. The predicted molar refractivity (Wildman–Crippen MR) is 107 cm³/mol. The van der Waals surface area contributed by atoms with E-state index in [0.29, 0.717) is 30.9 Å². The summed E-state index contributed by atoms with van der Waals surface area (Å²) in [5, 5.41) is 0.247. The molecule has 6 nitrogen and oxygen atoms in total. The van der Waals surface area contributed by atoms with E-state index in [9.17, 15) is 8.42 Å². The highest BCUT2D eigenvalue weighted by atomic mass is 79.9. The number of fused-ring (bicyclic) bond motifs is 1. The largest absolute Gasteiger partial charge is 0.356 e. The lowest BCUT2D eigenvalue weighted by Crippen LogP contribution is -2.48. The molecular weight excluding hydrogens is 454 g/mol. The molecule has 0 saturated carbocycles. The van der Waals surface area contributed by atoms with Gasteiger partial charge in [-0.15, -0.1) is 0 Å². The van der Waals surface area contributed by atoms with Gasteiger partial charge in [-0.3, -0.25) is 0 Å². The minimum atomic E-state index is -3.58. The van der Waals surface area contributed by atoms with Gasteiger partial charge in [-0.05, 0) is 40.9 Å². The van der Waals surface area contributed by atoms with Crippen molar-refractivity contribution < 1.29 is 13.2 Å². The number of sulfonamides is 1. The first kappa shape index (κ1) is 19.1. The fourth-order valence-electron chi connectivity index (χ4n) is 3.63. The highest BCUT2D eigenvalue weighted by molar-refractivity contribution is 9.10. The predicted octanol–water partition coefficient (Wildman–Crippen LogP) is 3.64. The van der Waals surface area contributed by atoms with Gasteiger partial charge in [0.05, 0.1) is 11.1 Å². The zero-order valence-corrected chi connectivity index (χ0v) is 17.7. The van der Waals surface area contributed by atoms with Crippen LogP contribution >= 0.6 is 27.5 Å². The van der Waals surface area contributed by atoms with Crippen LogP contribution in [-0.2, 0) is 21.4 Å². The Morgan fingerprint density at radius 3 is 2.70 bits per heavy atom. The quantitative estimate of drug-likeness (QED) is 0.638. The average molecular weight is 473 g/mol. The zero-order chi connectivity index (χ0) is 19.0. The van der Waals surface area contributed by atoms with Gasteiger partial charge in [0.1, 0.15) is 16.8 Å². The molecule has 0 spiro atoms. The Kier molecular flexibility index (Phi) is 5.44. The average Bonchev–Trinajstić information content (AvgIpc) is 2.69. The molecule has 1 aromatic carbocycles. The smallest absolute Gasteiger partial charge is 0.244 e. The molecule has 0 atom stereocenters. The fraction of sp³-hybridized carbons (Fsp3) is 0.389. The first-order valence-electron chi connectivity index (χ1n) is 8.70. The van der Waals surface area contributed by atoms with E-state index in [1.165, 1.54) is 27.8 Å². The molecule has 0 aliphatic carbocycles. The standard InChI is InChI=1S/C18H19BrClN3O3S/c19-16-9-15(10-21-18(16)20)27(24,25)22-7-5-14(6-8-22)23-12-26-11-13-3-1-2-4-17(13)23/h1-4,9-10,14H,5-8,11-12H2. The van der Waals surface area contributed by atoms with E-state index in [1.54, 1.807) is 0 Å². The number of halogens is 2. The van der Waals surface area contributed by atoms with Gasteiger partial charge >= 0.3 is 0 Å². The van der Waals surface area contributed by atoms with Crippen molar-refractivity contribution in [2.45, 2.75) is 30.4 Å². The van der Waals surface area contributed by atoms with E-state index in [1.807, 2.05) is 12.1 Å². The zero-order valence-electron chi connectivity index (χ0n) is 14.5. The monoisotopic (exact) mass is 471 g/mol. The number of hydrogen-bond donors (Lipinski definition) is 0. The lowest BCUT2D eigenvalue weighted by Gasteiger charge is -2.41. The van der Waals surface area contributed by atoms with Gasteiger partial charge in [0.15, 0.2) is 0 Å². The summed E-state index contributed by atoms with van der Waals surface area (Å²) >= 11 is 9.12. The molecule has 0 amide bonds. The summed E-state index contributed by atoms with van der Waals surface area (Å²) in [5.41, 5.74) is 2.37. The summed E-state index contributed by atoms with van der Waals surface area (Å²) in [6.07, 6.45) is 2.81. The van der Waals surface area contributed by atoms with E-state index in [2.05, 4.69) is 37.9 Å². The number of benzene rings is 1. The Hall–Kier alpha value is -1.19. The summed E-state index contributed by atoms with van der Waals surface area (Å²) in [4.78, 5) is 6.35. The van der Waals surface area contributed by atoms with Crippen LogP contribution in [0.2, 0.25) is 5.15 Å². The highest BCUT2D eigenvalue weighted by Gasteiger charge is 2.33. The maximum absolute atomic E-state index is 12.9. The molecule has 1 aromatic heterocycles. The van der Waals surface area contributed by atoms with Crippen LogP contribution in [-0.4, -0.2) is 43.6 Å². The van der Waals surface area contributed by atoms with E-state index in [4.69, 9.17) is 16.3 Å². The molecule has 2 aromatic rings. The van der Waals surface area contributed by atoms with Gasteiger partial charge in [-0.1, -0.05) is 29.8 Å². The van der Waals surface area contributed by atoms with Crippen LogP contribution in [0.15, 0.2) is 45.9 Å². The van der Waals surface area contributed by atoms with Crippen molar-refractivity contribution >= 4 is 43.2 Å². The van der Waals surface area contributed by atoms with Gasteiger partial charge in [-0.2, -0.15) is 4.31 Å². The number of piperidine rings is 1. The maximum Gasteiger partial charge on any atom is 0.244 e. The molecule has 9 heteroatoms. The Morgan fingerprint density at radius 1 is 1.22 bits per heavy atom. The molecule has 27 heavy (non-hydrogen) atoms. The van der Waals surface area contributed by atoms with Crippen molar-refractivity contribution in [3.8, 4) is 0 Å². The van der Waals surface area contributed by atoms with E-state index < -0.39 is 10.0 Å². The van der Waals surface area contributed by atoms with Crippen molar-refractivity contribution in [3.63, 3.8) is 0 Å². The van der Waals surface area contributed by atoms with Crippen molar-refractivity contribution in [3.05, 3.63) is 51.7 Å². The molecule has 4 rings (SSSR count).